The molecule has 9 heteroatoms. The highest BCUT2D eigenvalue weighted by atomic mass is 32.2. The van der Waals surface area contributed by atoms with Gasteiger partial charge in [-0.05, 0) is 26.2 Å². The van der Waals surface area contributed by atoms with E-state index in [0.29, 0.717) is 31.7 Å². The van der Waals surface area contributed by atoms with Gasteiger partial charge in [-0.3, -0.25) is 4.79 Å². The van der Waals surface area contributed by atoms with E-state index in [2.05, 4.69) is 5.16 Å². The van der Waals surface area contributed by atoms with Crippen LogP contribution in [0.25, 0.3) is 0 Å². The Hall–Kier alpha value is -1.45. The second kappa shape index (κ2) is 7.84. The maximum atomic E-state index is 12.9. The van der Waals surface area contributed by atoms with Crippen LogP contribution in [-0.4, -0.2) is 60.9 Å². The summed E-state index contributed by atoms with van der Waals surface area (Å²) in [6, 6.07) is -0.546. The lowest BCUT2D eigenvalue weighted by Gasteiger charge is -2.27. The molecule has 1 aromatic heterocycles. The van der Waals surface area contributed by atoms with Crippen LogP contribution in [0.5, 0.6) is 0 Å². The molecule has 1 aromatic rings. The Morgan fingerprint density at radius 2 is 1.96 bits per heavy atom. The Morgan fingerprint density at radius 3 is 2.52 bits per heavy atom. The summed E-state index contributed by atoms with van der Waals surface area (Å²) >= 11 is 0. The van der Waals surface area contributed by atoms with Crippen LogP contribution < -0.4 is 5.73 Å². The molecule has 2 atom stereocenters. The summed E-state index contributed by atoms with van der Waals surface area (Å²) in [6.45, 7) is 8.60. The van der Waals surface area contributed by atoms with Crippen molar-refractivity contribution >= 4 is 15.9 Å². The normalized spacial score (nSPS) is 19.5. The average Bonchev–Trinajstić information content (AvgIpc) is 2.79. The molecule has 1 aliphatic heterocycles. The molecule has 2 rings (SSSR count). The second-order valence-corrected chi connectivity index (χ2v) is 8.52. The zero-order chi connectivity index (χ0) is 18.8. The number of nitrogens with zero attached hydrogens (tertiary/aromatic N) is 3. The van der Waals surface area contributed by atoms with E-state index in [1.54, 1.807) is 18.7 Å². The molecule has 1 amide bonds. The number of carbonyl (C=O) groups excluding carboxylic acids is 1. The van der Waals surface area contributed by atoms with E-state index in [4.69, 9.17) is 10.3 Å². The summed E-state index contributed by atoms with van der Waals surface area (Å²) in [6.07, 6.45) is 1.40. The van der Waals surface area contributed by atoms with Crippen molar-refractivity contribution in [3.63, 3.8) is 0 Å². The fourth-order valence-electron chi connectivity index (χ4n) is 3.03. The molecule has 1 fully saturated rings. The number of sulfonamides is 1. The number of nitrogens with two attached hydrogens (primary N) is 1. The van der Waals surface area contributed by atoms with Gasteiger partial charge >= 0.3 is 0 Å². The van der Waals surface area contributed by atoms with Crippen molar-refractivity contribution in [3.8, 4) is 0 Å². The molecule has 2 heterocycles. The van der Waals surface area contributed by atoms with Gasteiger partial charge in [-0.25, -0.2) is 8.42 Å². The Morgan fingerprint density at radius 1 is 1.28 bits per heavy atom. The first-order valence-corrected chi connectivity index (χ1v) is 10.1. The van der Waals surface area contributed by atoms with Crippen molar-refractivity contribution in [2.75, 3.05) is 26.2 Å². The van der Waals surface area contributed by atoms with Gasteiger partial charge < -0.3 is 15.2 Å². The van der Waals surface area contributed by atoms with Crippen LogP contribution in [0.15, 0.2) is 9.42 Å². The zero-order valence-corrected chi connectivity index (χ0v) is 16.2. The highest BCUT2D eigenvalue weighted by Crippen LogP contribution is 2.24. The van der Waals surface area contributed by atoms with Crippen LogP contribution in [-0.2, 0) is 14.8 Å². The minimum absolute atomic E-state index is 0.0953. The summed E-state index contributed by atoms with van der Waals surface area (Å²) in [5.74, 6) is 0.275. The van der Waals surface area contributed by atoms with Crippen LogP contribution in [0.2, 0.25) is 0 Å². The van der Waals surface area contributed by atoms with Crippen molar-refractivity contribution in [2.24, 2.45) is 11.7 Å². The van der Waals surface area contributed by atoms with Crippen LogP contribution in [0.4, 0.5) is 0 Å². The van der Waals surface area contributed by atoms with Crippen molar-refractivity contribution in [3.05, 3.63) is 11.5 Å². The van der Waals surface area contributed by atoms with E-state index in [-0.39, 0.29) is 29.0 Å². The van der Waals surface area contributed by atoms with Gasteiger partial charge in [0, 0.05) is 26.2 Å². The molecule has 0 bridgehead atoms. The van der Waals surface area contributed by atoms with E-state index in [1.165, 1.54) is 4.31 Å². The van der Waals surface area contributed by atoms with Crippen LogP contribution in [0.3, 0.4) is 0 Å². The molecular weight excluding hydrogens is 344 g/mol. The van der Waals surface area contributed by atoms with Crippen molar-refractivity contribution < 1.29 is 17.7 Å². The molecule has 0 aliphatic carbocycles. The average molecular weight is 372 g/mol. The Balaban J connectivity index is 2.13. The first-order valence-electron chi connectivity index (χ1n) is 8.67. The third kappa shape index (κ3) is 4.04. The van der Waals surface area contributed by atoms with Gasteiger partial charge in [0.05, 0.1) is 6.04 Å². The number of hydrogen-bond donors (Lipinski definition) is 1. The molecule has 0 spiro atoms. The predicted octanol–water partition coefficient (Wildman–Crippen LogP) is 0.888. The molecule has 2 N–H and O–H groups in total. The monoisotopic (exact) mass is 372 g/mol. The summed E-state index contributed by atoms with van der Waals surface area (Å²) < 4.78 is 32.2. The molecule has 2 unspecified atom stereocenters. The SMILES string of the molecule is CCC(C)C(N)C(=O)N1CCCN(S(=O)(=O)c2c(C)noc2C)CC1. The molecule has 0 aromatic carbocycles. The first-order chi connectivity index (χ1) is 11.7. The van der Waals surface area contributed by atoms with Crippen LogP contribution in [0, 0.1) is 19.8 Å². The maximum Gasteiger partial charge on any atom is 0.248 e. The zero-order valence-electron chi connectivity index (χ0n) is 15.4. The van der Waals surface area contributed by atoms with Crippen molar-refractivity contribution in [2.45, 2.75) is 51.5 Å². The summed E-state index contributed by atoms with van der Waals surface area (Å²) in [7, 11) is -3.69. The highest BCUT2D eigenvalue weighted by Gasteiger charge is 2.34. The molecule has 8 nitrogen and oxygen atoms in total. The minimum Gasteiger partial charge on any atom is -0.360 e. The Bertz CT molecular complexity index is 696. The predicted molar refractivity (Wildman–Crippen MR) is 93.4 cm³/mol. The second-order valence-electron chi connectivity index (χ2n) is 6.65. The third-order valence-corrected chi connectivity index (χ3v) is 7.02. The van der Waals surface area contributed by atoms with Gasteiger partial charge in [-0.1, -0.05) is 25.4 Å². The van der Waals surface area contributed by atoms with Crippen LogP contribution in [0.1, 0.15) is 38.1 Å². The summed E-state index contributed by atoms with van der Waals surface area (Å²) in [5.41, 5.74) is 6.40. The van der Waals surface area contributed by atoms with Crippen molar-refractivity contribution in [1.82, 2.24) is 14.4 Å². The smallest absolute Gasteiger partial charge is 0.248 e. The van der Waals surface area contributed by atoms with Gasteiger partial charge in [0.2, 0.25) is 15.9 Å². The topological polar surface area (TPSA) is 110 Å². The molecule has 142 valence electrons. The van der Waals surface area contributed by atoms with E-state index in [1.807, 2.05) is 13.8 Å². The Labute approximate surface area is 149 Å². The number of rotatable bonds is 5. The lowest BCUT2D eigenvalue weighted by atomic mass is 9.99. The van der Waals surface area contributed by atoms with Gasteiger partial charge in [0.1, 0.15) is 10.6 Å². The van der Waals surface area contributed by atoms with Crippen molar-refractivity contribution in [1.29, 1.82) is 0 Å². The molecule has 1 saturated heterocycles. The number of hydrogen-bond acceptors (Lipinski definition) is 6. The highest BCUT2D eigenvalue weighted by molar-refractivity contribution is 7.89. The first kappa shape index (κ1) is 19.9. The number of carbonyl (C=O) groups is 1. The van der Waals surface area contributed by atoms with Gasteiger partial charge in [0.15, 0.2) is 5.76 Å². The van der Waals surface area contributed by atoms with E-state index in [9.17, 15) is 13.2 Å². The maximum absolute atomic E-state index is 12.9. The van der Waals surface area contributed by atoms with E-state index >= 15 is 0 Å². The Kier molecular flexibility index (Phi) is 6.23. The van der Waals surface area contributed by atoms with E-state index < -0.39 is 16.1 Å². The number of aryl methyl sites for hydroxylation is 2. The lowest BCUT2D eigenvalue weighted by Crippen LogP contribution is -2.48. The largest absolute Gasteiger partial charge is 0.360 e. The summed E-state index contributed by atoms with van der Waals surface area (Å²) in [4.78, 5) is 14.4. The van der Waals surface area contributed by atoms with Gasteiger partial charge in [-0.2, -0.15) is 4.31 Å². The standard InChI is InChI=1S/C16H28N4O4S/c1-5-11(2)14(17)16(21)19-7-6-8-20(10-9-19)25(22,23)15-12(3)18-24-13(15)4/h11,14H,5-10,17H2,1-4H3. The summed E-state index contributed by atoms with van der Waals surface area (Å²) in [5, 5.41) is 3.73. The van der Waals surface area contributed by atoms with Gasteiger partial charge in [-0.15, -0.1) is 0 Å². The molecule has 0 saturated carbocycles. The fraction of sp³-hybridized carbons (Fsp3) is 0.750. The fourth-order valence-corrected chi connectivity index (χ4v) is 4.80. The minimum atomic E-state index is -3.69. The van der Waals surface area contributed by atoms with Crippen LogP contribution >= 0.6 is 0 Å². The molecular formula is C16H28N4O4S. The molecule has 1 aliphatic rings. The number of amides is 1. The molecule has 25 heavy (non-hydrogen) atoms. The third-order valence-electron chi connectivity index (χ3n) is 4.87. The lowest BCUT2D eigenvalue weighted by molar-refractivity contribution is -0.133. The van der Waals surface area contributed by atoms with Gasteiger partial charge in [0.25, 0.3) is 0 Å². The number of aromatic nitrogens is 1. The van der Waals surface area contributed by atoms with E-state index in [0.717, 1.165) is 6.42 Å². The molecule has 0 radical (unpaired) electrons. The quantitative estimate of drug-likeness (QED) is 0.822.